The lowest BCUT2D eigenvalue weighted by Crippen LogP contribution is -2.03. The summed E-state index contributed by atoms with van der Waals surface area (Å²) in [5.41, 5.74) is 0.867. The van der Waals surface area contributed by atoms with E-state index in [4.69, 9.17) is 11.6 Å². The normalized spacial score (nSPS) is 11.7. The van der Waals surface area contributed by atoms with Gasteiger partial charge in [0.05, 0.1) is 11.9 Å². The summed E-state index contributed by atoms with van der Waals surface area (Å²) in [6.07, 6.45) is 2.80. The molecule has 0 unspecified atom stereocenters. The van der Waals surface area contributed by atoms with Crippen molar-refractivity contribution < 1.29 is 19.1 Å². The zero-order chi connectivity index (χ0) is 17.3. The number of hydrogen-bond donors (Lipinski definition) is 2. The topological polar surface area (TPSA) is 70.6 Å². The van der Waals surface area contributed by atoms with Crippen LogP contribution in [0.5, 0.6) is 5.75 Å². The first-order valence-electron chi connectivity index (χ1n) is 6.71. The summed E-state index contributed by atoms with van der Waals surface area (Å²) in [6, 6.07) is 7.60. The highest BCUT2D eigenvalue weighted by Crippen LogP contribution is 2.25. The Hall–Kier alpha value is -2.93. The van der Waals surface area contributed by atoms with Crippen molar-refractivity contribution in [3.05, 3.63) is 76.6 Å². The molecule has 122 valence electrons. The lowest BCUT2D eigenvalue weighted by molar-refractivity contribution is 0.319. The molecule has 2 aromatic carbocycles. The van der Waals surface area contributed by atoms with Gasteiger partial charge in [-0.05, 0) is 30.3 Å². The van der Waals surface area contributed by atoms with Crippen LogP contribution in [0.25, 0.3) is 5.69 Å². The SMILES string of the molecule is O/N=C(\c1cnn(-c2ccc(F)c(F)c2)c1)c1cc(Cl)ccc1O. The van der Waals surface area contributed by atoms with Crippen LogP contribution in [-0.4, -0.2) is 25.8 Å². The number of benzene rings is 2. The van der Waals surface area contributed by atoms with Crippen LogP contribution in [0, 0.1) is 11.6 Å². The molecule has 3 aromatic rings. The van der Waals surface area contributed by atoms with E-state index in [1.54, 1.807) is 0 Å². The van der Waals surface area contributed by atoms with E-state index in [1.807, 2.05) is 0 Å². The van der Waals surface area contributed by atoms with Gasteiger partial charge in [-0.2, -0.15) is 5.10 Å². The molecule has 0 saturated carbocycles. The van der Waals surface area contributed by atoms with Crippen LogP contribution in [0.15, 0.2) is 53.9 Å². The minimum absolute atomic E-state index is 0.0313. The summed E-state index contributed by atoms with van der Waals surface area (Å²) in [6.45, 7) is 0. The average molecular weight is 350 g/mol. The molecule has 1 aromatic heterocycles. The van der Waals surface area contributed by atoms with Crippen LogP contribution >= 0.6 is 11.6 Å². The van der Waals surface area contributed by atoms with Crippen LogP contribution in [0.2, 0.25) is 5.02 Å². The minimum Gasteiger partial charge on any atom is -0.507 e. The summed E-state index contributed by atoms with van der Waals surface area (Å²) in [5, 5.41) is 26.8. The number of oxime groups is 1. The molecule has 24 heavy (non-hydrogen) atoms. The maximum atomic E-state index is 13.3. The first-order valence-corrected chi connectivity index (χ1v) is 7.09. The molecule has 0 radical (unpaired) electrons. The molecule has 0 bridgehead atoms. The molecule has 0 aliphatic rings. The third-order valence-electron chi connectivity index (χ3n) is 3.34. The van der Waals surface area contributed by atoms with Crippen molar-refractivity contribution in [2.75, 3.05) is 0 Å². The highest BCUT2D eigenvalue weighted by Gasteiger charge is 2.16. The number of nitrogens with zero attached hydrogens (tertiary/aromatic N) is 3. The van der Waals surface area contributed by atoms with Gasteiger partial charge in [0.25, 0.3) is 0 Å². The van der Waals surface area contributed by atoms with E-state index in [2.05, 4.69) is 10.3 Å². The molecular formula is C16H10ClF2N3O2. The highest BCUT2D eigenvalue weighted by atomic mass is 35.5. The molecule has 0 saturated heterocycles. The Balaban J connectivity index is 2.02. The Morgan fingerprint density at radius 2 is 1.92 bits per heavy atom. The summed E-state index contributed by atoms with van der Waals surface area (Å²) in [7, 11) is 0. The first kappa shape index (κ1) is 15.9. The van der Waals surface area contributed by atoms with Crippen molar-refractivity contribution in [2.45, 2.75) is 0 Å². The van der Waals surface area contributed by atoms with Crippen LogP contribution in [0.1, 0.15) is 11.1 Å². The number of aromatic nitrogens is 2. The summed E-state index contributed by atoms with van der Waals surface area (Å²) in [5.74, 6) is -2.10. The predicted octanol–water partition coefficient (Wildman–Crippen LogP) is 3.74. The zero-order valence-electron chi connectivity index (χ0n) is 12.0. The molecule has 0 atom stereocenters. The monoisotopic (exact) mass is 349 g/mol. The predicted molar refractivity (Wildman–Crippen MR) is 84.0 cm³/mol. The molecule has 5 nitrogen and oxygen atoms in total. The van der Waals surface area contributed by atoms with E-state index in [-0.39, 0.29) is 22.7 Å². The molecule has 8 heteroatoms. The molecule has 0 amide bonds. The largest absolute Gasteiger partial charge is 0.507 e. The van der Waals surface area contributed by atoms with E-state index in [9.17, 15) is 19.1 Å². The van der Waals surface area contributed by atoms with Gasteiger partial charge in [-0.25, -0.2) is 13.5 Å². The molecule has 0 aliphatic heterocycles. The number of phenols is 1. The van der Waals surface area contributed by atoms with Gasteiger partial charge in [0.1, 0.15) is 11.5 Å². The molecule has 0 fully saturated rings. The first-order chi connectivity index (χ1) is 11.5. The molecule has 0 spiro atoms. The number of hydrogen-bond acceptors (Lipinski definition) is 4. The Bertz CT molecular complexity index is 941. The second-order valence-electron chi connectivity index (χ2n) is 4.88. The fourth-order valence-corrected chi connectivity index (χ4v) is 2.35. The van der Waals surface area contributed by atoms with Crippen molar-refractivity contribution >= 4 is 17.3 Å². The Labute approximate surface area is 140 Å². The van der Waals surface area contributed by atoms with E-state index < -0.39 is 11.6 Å². The van der Waals surface area contributed by atoms with Crippen LogP contribution in [0.4, 0.5) is 8.78 Å². The van der Waals surface area contributed by atoms with E-state index >= 15 is 0 Å². The van der Waals surface area contributed by atoms with Gasteiger partial charge in [0.15, 0.2) is 11.6 Å². The van der Waals surface area contributed by atoms with Gasteiger partial charge in [0, 0.05) is 28.4 Å². The lowest BCUT2D eigenvalue weighted by atomic mass is 10.0. The maximum Gasteiger partial charge on any atom is 0.160 e. The van der Waals surface area contributed by atoms with Gasteiger partial charge in [-0.3, -0.25) is 0 Å². The van der Waals surface area contributed by atoms with Gasteiger partial charge in [-0.15, -0.1) is 0 Å². The Morgan fingerprint density at radius 3 is 2.62 bits per heavy atom. The van der Waals surface area contributed by atoms with Crippen LogP contribution in [-0.2, 0) is 0 Å². The fraction of sp³-hybridized carbons (Fsp3) is 0. The molecule has 2 N–H and O–H groups in total. The zero-order valence-corrected chi connectivity index (χ0v) is 12.7. The summed E-state index contributed by atoms with van der Waals surface area (Å²) >= 11 is 5.89. The van der Waals surface area contributed by atoms with Crippen molar-refractivity contribution in [3.8, 4) is 11.4 Å². The number of aromatic hydroxyl groups is 1. The average Bonchev–Trinajstić information content (AvgIpc) is 3.04. The summed E-state index contributed by atoms with van der Waals surface area (Å²) < 4.78 is 27.6. The van der Waals surface area contributed by atoms with Crippen molar-refractivity contribution in [3.63, 3.8) is 0 Å². The number of phenolic OH excluding ortho intramolecular Hbond substituents is 1. The minimum atomic E-state index is -1.01. The van der Waals surface area contributed by atoms with E-state index in [0.717, 1.165) is 12.1 Å². The second kappa shape index (κ2) is 6.29. The lowest BCUT2D eigenvalue weighted by Gasteiger charge is -2.05. The Kier molecular flexibility index (Phi) is 4.18. The van der Waals surface area contributed by atoms with Crippen LogP contribution in [0.3, 0.4) is 0 Å². The summed E-state index contributed by atoms with van der Waals surface area (Å²) in [4.78, 5) is 0. The van der Waals surface area contributed by atoms with Gasteiger partial charge in [-0.1, -0.05) is 16.8 Å². The molecule has 1 heterocycles. The quantitative estimate of drug-likeness (QED) is 0.430. The number of halogens is 3. The van der Waals surface area contributed by atoms with Crippen molar-refractivity contribution in [1.29, 1.82) is 0 Å². The Morgan fingerprint density at radius 1 is 1.12 bits per heavy atom. The van der Waals surface area contributed by atoms with E-state index in [1.165, 1.54) is 41.3 Å². The van der Waals surface area contributed by atoms with E-state index in [0.29, 0.717) is 10.6 Å². The van der Waals surface area contributed by atoms with Crippen molar-refractivity contribution in [2.24, 2.45) is 5.16 Å². The smallest absolute Gasteiger partial charge is 0.160 e. The van der Waals surface area contributed by atoms with Gasteiger partial charge in [0.2, 0.25) is 0 Å². The second-order valence-corrected chi connectivity index (χ2v) is 5.32. The number of rotatable bonds is 3. The third-order valence-corrected chi connectivity index (χ3v) is 3.57. The molecule has 3 rings (SSSR count). The molecule has 0 aliphatic carbocycles. The third kappa shape index (κ3) is 2.93. The van der Waals surface area contributed by atoms with Crippen LogP contribution < -0.4 is 0 Å². The maximum absolute atomic E-state index is 13.3. The van der Waals surface area contributed by atoms with Gasteiger partial charge < -0.3 is 10.3 Å². The van der Waals surface area contributed by atoms with Crippen molar-refractivity contribution in [1.82, 2.24) is 9.78 Å². The standard InChI is InChI=1S/C16H10ClF2N3O2/c17-10-1-4-15(23)12(5-10)16(21-24)9-7-20-22(8-9)11-2-3-13(18)14(19)6-11/h1-8,23-24H/b21-16+. The fourth-order valence-electron chi connectivity index (χ4n) is 2.18. The van der Waals surface area contributed by atoms with Gasteiger partial charge >= 0.3 is 0 Å². The molecular weight excluding hydrogens is 340 g/mol. The highest BCUT2D eigenvalue weighted by molar-refractivity contribution is 6.31.